The SMILES string of the molecule is COC(=O)C=C(CC(=O)OC)C(=O)OC.COC(=O)CC(C(=O)OC)C(C(=O)OC)S(=O)(=O)[O-].COC(=O)CC(CC(=O)OC)(C(=O)OC)S(=O)(=O)[O-].O=S(=O)=O.[H-].[I][V][I].[Na+].[Na+].[Na+]. The fraction of sp³-hybridized carbons (Fsp3) is 0.593. The van der Waals surface area contributed by atoms with Gasteiger partial charge in [0.25, 0.3) is 0 Å². The van der Waals surface area contributed by atoms with Gasteiger partial charge in [-0.1, -0.05) is 0 Å². The van der Waals surface area contributed by atoms with Crippen molar-refractivity contribution in [1.82, 2.24) is 0 Å². The minimum absolute atomic E-state index is 0. The standard InChI is InChI=1S/2C9H14O9S.C9H12O6.2HI.3Na.O3S.V.H/c1-16-6(10)4-9(8(12)18-3,19(13,14)15)5-7(11)17-2;1-16-6(10)4-5(8(11)17-2)7(9(12)18-3)19(13,14)15;1-13-7(10)4-6(9(12)15-3)5-8(11)14-2;;;;;;1-4(2)3;;/h4-5H2,1-3H3,(H,13,14,15);5,7H,4H2,1-3H3,(H,13,14,15);4H,5H2,1-3H3;2*1H;;;;;;/q;;;;;3*+1;;+2;-1/p-4. The quantitative estimate of drug-likeness (QED) is 0.0346. The molecular weight excluding hydrogens is 1230 g/mol. The second kappa shape index (κ2) is 44.0. The average Bonchev–Trinajstić information content (AvgIpc) is 3.17. The van der Waals surface area contributed by atoms with Gasteiger partial charge in [0.1, 0.15) is 20.2 Å². The van der Waals surface area contributed by atoms with Gasteiger partial charge in [-0.3, -0.25) is 33.6 Å². The summed E-state index contributed by atoms with van der Waals surface area (Å²) in [6.45, 7) is 0. The number of carbonyl (C=O) groups is 9. The Morgan fingerprint density at radius 1 is 0.619 bits per heavy atom. The number of hydrogen-bond acceptors (Lipinski definition) is 27. The zero-order chi connectivity index (χ0) is 48.6. The monoisotopic (exact) mass is 1260 g/mol. The van der Waals surface area contributed by atoms with Crippen molar-refractivity contribution in [1.29, 1.82) is 0 Å². The fourth-order valence-electron chi connectivity index (χ4n) is 3.35. The molecule has 2 unspecified atom stereocenters. The number of ether oxygens (including phenoxy) is 9. The molecule has 36 heteroatoms. The van der Waals surface area contributed by atoms with Crippen LogP contribution < -0.4 is 88.7 Å². The van der Waals surface area contributed by atoms with Crippen LogP contribution in [0.5, 0.6) is 0 Å². The molecule has 27 nitrogen and oxygen atoms in total. The van der Waals surface area contributed by atoms with Crippen LogP contribution >= 0.6 is 40.0 Å². The molecule has 0 aromatic rings. The smallest absolute Gasteiger partial charge is 1.00 e. The summed E-state index contributed by atoms with van der Waals surface area (Å²) in [6, 6.07) is 0. The van der Waals surface area contributed by atoms with Gasteiger partial charge in [0.2, 0.25) is 0 Å². The molecule has 0 saturated heterocycles. The van der Waals surface area contributed by atoms with Gasteiger partial charge in [-0.2, -0.15) is 0 Å². The Morgan fingerprint density at radius 3 is 1.24 bits per heavy atom. The third-order valence-corrected chi connectivity index (χ3v) is 8.64. The minimum Gasteiger partial charge on any atom is 1.00 e. The minimum atomic E-state index is -5.37. The molecule has 0 heterocycles. The molecule has 0 aromatic carbocycles. The normalized spacial score (nSPS) is 10.8. The molecule has 0 fully saturated rings. The van der Waals surface area contributed by atoms with Crippen LogP contribution in [0, 0.1) is 5.92 Å². The number of hydrogen-bond donors (Lipinski definition) is 0. The van der Waals surface area contributed by atoms with Crippen LogP contribution in [0.15, 0.2) is 11.6 Å². The summed E-state index contributed by atoms with van der Waals surface area (Å²) in [4.78, 5) is 101. The van der Waals surface area contributed by atoms with Crippen LogP contribution in [0.25, 0.3) is 0 Å². The van der Waals surface area contributed by atoms with E-state index in [1.54, 1.807) is 0 Å². The Bertz CT molecular complexity index is 1830. The van der Waals surface area contributed by atoms with E-state index in [2.05, 4.69) is 82.6 Å². The molecule has 0 N–H and O–H groups in total. The van der Waals surface area contributed by atoms with Gasteiger partial charge in [-0.15, -0.1) is 12.6 Å². The van der Waals surface area contributed by atoms with Gasteiger partial charge in [0, 0.05) is 6.08 Å². The summed E-state index contributed by atoms with van der Waals surface area (Å²) < 4.78 is 128. The number of esters is 9. The maximum absolute atomic E-state index is 11.6. The van der Waals surface area contributed by atoms with Crippen molar-refractivity contribution < 1.29 is 224 Å². The van der Waals surface area contributed by atoms with Gasteiger partial charge in [-0.25, -0.2) is 26.4 Å². The van der Waals surface area contributed by atoms with Gasteiger partial charge < -0.3 is 53.2 Å². The summed E-state index contributed by atoms with van der Waals surface area (Å²) in [6.07, 6.45) is -2.53. The predicted octanol–water partition coefficient (Wildman–Crippen LogP) is -11.3. The van der Waals surface area contributed by atoms with Crippen LogP contribution in [0.4, 0.5) is 0 Å². The maximum Gasteiger partial charge on any atom is 1.00 e. The first-order valence-electron chi connectivity index (χ1n) is 14.5. The van der Waals surface area contributed by atoms with Crippen molar-refractivity contribution in [2.45, 2.75) is 35.7 Å². The van der Waals surface area contributed by atoms with Crippen molar-refractivity contribution in [3.05, 3.63) is 11.6 Å². The molecule has 0 aliphatic heterocycles. The van der Waals surface area contributed by atoms with E-state index in [9.17, 15) is 69.1 Å². The van der Waals surface area contributed by atoms with Gasteiger partial charge >= 0.3 is 202 Å². The molecule has 63 heavy (non-hydrogen) atoms. The van der Waals surface area contributed by atoms with E-state index in [0.717, 1.165) is 63.0 Å². The van der Waals surface area contributed by atoms with Crippen LogP contribution in [0.2, 0.25) is 0 Å². The summed E-state index contributed by atoms with van der Waals surface area (Å²) >= 11 is 4.74. The zero-order valence-corrected chi connectivity index (χ0v) is 49.7. The molecule has 0 rings (SSSR count). The molecule has 0 aromatic heterocycles. The Labute approximate surface area is 459 Å². The van der Waals surface area contributed by atoms with E-state index < -0.39 is 120 Å². The molecule has 2 atom stereocenters. The van der Waals surface area contributed by atoms with Crippen LogP contribution in [-0.2, 0) is 126 Å². The number of methoxy groups -OCH3 is 9. The molecule has 349 valence electrons. The first-order valence-corrected chi connectivity index (χ1v) is 27.4. The second-order valence-electron chi connectivity index (χ2n) is 9.50. The predicted molar refractivity (Wildman–Crippen MR) is 203 cm³/mol. The van der Waals surface area contributed by atoms with Crippen molar-refractivity contribution in [2.24, 2.45) is 5.92 Å². The topological polar surface area (TPSA) is 402 Å². The fourth-order valence-corrected chi connectivity index (χ4v) is 5.17. The van der Waals surface area contributed by atoms with E-state index in [1.165, 1.54) is 7.11 Å². The molecule has 0 radical (unpaired) electrons. The second-order valence-corrected chi connectivity index (χ2v) is 24.9. The summed E-state index contributed by atoms with van der Waals surface area (Å²) in [5.41, 5.74) is -0.115. The number of halogens is 2. The Hall–Kier alpha value is -0.546. The zero-order valence-electron chi connectivity index (χ0n) is 36.5. The van der Waals surface area contributed by atoms with Crippen molar-refractivity contribution in [3.8, 4) is 0 Å². The Balaban J connectivity index is -0.0000000918. The third kappa shape index (κ3) is 37.2. The first kappa shape index (κ1) is 79.5. The third-order valence-electron chi connectivity index (χ3n) is 6.08. The van der Waals surface area contributed by atoms with Gasteiger partial charge in [0.15, 0.2) is 10.00 Å². The number of carbonyl (C=O) groups excluding carboxylic acids is 9. The maximum atomic E-state index is 11.6. The van der Waals surface area contributed by atoms with Crippen molar-refractivity contribution in [2.75, 3.05) is 64.0 Å². The summed E-state index contributed by atoms with van der Waals surface area (Å²) in [5, 5.41) is -2.37. The Morgan fingerprint density at radius 2 is 0.984 bits per heavy atom. The largest absolute Gasteiger partial charge is 1.00 e. The number of rotatable bonds is 16. The van der Waals surface area contributed by atoms with Crippen LogP contribution in [-0.4, -0.2) is 166 Å². The summed E-state index contributed by atoms with van der Waals surface area (Å²) in [7, 11) is -4.17. The van der Waals surface area contributed by atoms with E-state index in [-0.39, 0.29) is 102 Å². The Kier molecular flexibility index (Phi) is 55.5. The molecule has 0 aliphatic rings. The molecule has 0 bridgehead atoms. The van der Waals surface area contributed by atoms with E-state index in [4.69, 9.17) is 12.6 Å². The molecule has 0 aliphatic carbocycles. The van der Waals surface area contributed by atoms with E-state index >= 15 is 0 Å². The van der Waals surface area contributed by atoms with E-state index in [0.29, 0.717) is 9.47 Å². The molecule has 0 spiro atoms. The average molecular weight is 1270 g/mol. The van der Waals surface area contributed by atoms with Crippen molar-refractivity contribution in [3.63, 3.8) is 0 Å². The van der Waals surface area contributed by atoms with E-state index in [1.807, 2.05) is 0 Å². The van der Waals surface area contributed by atoms with Crippen LogP contribution in [0.3, 0.4) is 0 Å². The summed E-state index contributed by atoms with van der Waals surface area (Å²) in [5.74, 6) is -11.5. The molecule has 0 saturated carbocycles. The molecule has 0 amide bonds. The van der Waals surface area contributed by atoms with Crippen LogP contribution in [0.1, 0.15) is 27.1 Å². The molecular formula is C27H39I2Na3O27S3V. The van der Waals surface area contributed by atoms with Gasteiger partial charge in [-0.05, 0) is 0 Å². The van der Waals surface area contributed by atoms with Crippen molar-refractivity contribution >= 4 is 125 Å². The first-order chi connectivity index (χ1) is 27.5. The van der Waals surface area contributed by atoms with Gasteiger partial charge in [0.05, 0.1) is 101 Å².